The van der Waals surface area contributed by atoms with Crippen molar-refractivity contribution in [1.29, 1.82) is 0 Å². The zero-order valence-electron chi connectivity index (χ0n) is 18.0. The van der Waals surface area contributed by atoms with E-state index < -0.39 is 11.8 Å². The van der Waals surface area contributed by atoms with Crippen LogP contribution in [0.3, 0.4) is 0 Å². The predicted molar refractivity (Wildman–Crippen MR) is 124 cm³/mol. The summed E-state index contributed by atoms with van der Waals surface area (Å²) in [5, 5.41) is 5.49. The molecule has 7 rings (SSSR count). The summed E-state index contributed by atoms with van der Waals surface area (Å²) in [6, 6.07) is 24.4. The van der Waals surface area contributed by atoms with E-state index in [1.165, 1.54) is 22.3 Å². The normalized spacial score (nSPS) is 25.1. The van der Waals surface area contributed by atoms with E-state index in [0.29, 0.717) is 0 Å². The van der Waals surface area contributed by atoms with Crippen molar-refractivity contribution in [2.45, 2.75) is 11.8 Å². The number of anilines is 1. The Bertz CT molecular complexity index is 1160. The molecule has 2 amide bonds. The highest BCUT2D eigenvalue weighted by atomic mass is 16.2. The third-order valence-corrected chi connectivity index (χ3v) is 7.16. The van der Waals surface area contributed by atoms with E-state index in [-0.39, 0.29) is 23.7 Å². The van der Waals surface area contributed by atoms with Gasteiger partial charge >= 0.3 is 0 Å². The fraction of sp³-hybridized carbons (Fsp3) is 0.222. The van der Waals surface area contributed by atoms with Gasteiger partial charge in [-0.1, -0.05) is 60.7 Å². The lowest BCUT2D eigenvalue weighted by Gasteiger charge is -2.45. The fourth-order valence-electron chi connectivity index (χ4n) is 5.76. The lowest BCUT2D eigenvalue weighted by molar-refractivity contribution is -0.139. The van der Waals surface area contributed by atoms with Crippen molar-refractivity contribution in [3.05, 3.63) is 101 Å². The molecule has 1 heterocycles. The minimum Gasteiger partial charge on any atom is -0.378 e. The second-order valence-corrected chi connectivity index (χ2v) is 8.98. The topological polar surface area (TPSA) is 53.0 Å². The maximum Gasteiger partial charge on any atom is 0.254 e. The molecule has 0 unspecified atom stereocenters. The van der Waals surface area contributed by atoms with E-state index in [0.717, 1.165) is 16.3 Å². The number of rotatable bonds is 3. The van der Waals surface area contributed by atoms with Gasteiger partial charge in [-0.3, -0.25) is 9.59 Å². The van der Waals surface area contributed by atoms with Crippen LogP contribution >= 0.6 is 0 Å². The van der Waals surface area contributed by atoms with E-state index >= 15 is 0 Å². The molecule has 5 nitrogen and oxygen atoms in total. The first-order valence-electron chi connectivity index (χ1n) is 10.9. The standard InChI is InChI=1S/C27H23N3O2/c1-29(2)17-13-11-16(12-14-17)15-28-30-26(31)24-22-18-7-3-4-8-19(18)23(25(24)27(30)32)21-10-6-5-9-20(21)22/h3-15,22-25H,1-2H3/b28-15-/t22?,23?,24-,25-/m1/s1. The summed E-state index contributed by atoms with van der Waals surface area (Å²) in [4.78, 5) is 29.0. The van der Waals surface area contributed by atoms with Crippen LogP contribution in [0.15, 0.2) is 77.9 Å². The molecule has 3 aromatic rings. The first-order chi connectivity index (χ1) is 15.6. The van der Waals surface area contributed by atoms with Crippen LogP contribution in [0.5, 0.6) is 0 Å². The summed E-state index contributed by atoms with van der Waals surface area (Å²) in [5.74, 6) is -1.39. The molecule has 4 aliphatic rings. The second-order valence-electron chi connectivity index (χ2n) is 8.98. The van der Waals surface area contributed by atoms with E-state index in [1.807, 2.05) is 67.5 Å². The molecule has 2 atom stereocenters. The van der Waals surface area contributed by atoms with Crippen LogP contribution in [0.4, 0.5) is 5.69 Å². The summed E-state index contributed by atoms with van der Waals surface area (Å²) in [6.07, 6.45) is 1.61. The van der Waals surface area contributed by atoms with Crippen LogP contribution in [0.2, 0.25) is 0 Å². The molecule has 0 N–H and O–H groups in total. The van der Waals surface area contributed by atoms with Gasteiger partial charge < -0.3 is 4.90 Å². The Labute approximate surface area is 187 Å². The highest BCUT2D eigenvalue weighted by Crippen LogP contribution is 2.60. The van der Waals surface area contributed by atoms with Crippen molar-refractivity contribution in [3.8, 4) is 0 Å². The minimum absolute atomic E-state index is 0.103. The molecule has 0 radical (unpaired) electrons. The number of carbonyl (C=O) groups is 2. The first-order valence-corrected chi connectivity index (χ1v) is 10.9. The Morgan fingerprint density at radius 3 is 1.56 bits per heavy atom. The molecule has 3 aliphatic carbocycles. The van der Waals surface area contributed by atoms with Gasteiger partial charge in [0, 0.05) is 31.6 Å². The quantitative estimate of drug-likeness (QED) is 0.475. The van der Waals surface area contributed by atoms with Crippen molar-refractivity contribution in [2.24, 2.45) is 16.9 Å². The van der Waals surface area contributed by atoms with Crippen molar-refractivity contribution in [3.63, 3.8) is 0 Å². The highest BCUT2D eigenvalue weighted by molar-refractivity contribution is 6.08. The molecule has 0 spiro atoms. The molecule has 5 heteroatoms. The Balaban J connectivity index is 1.39. The Kier molecular flexibility index (Phi) is 4.09. The van der Waals surface area contributed by atoms with Gasteiger partial charge in [0.1, 0.15) is 0 Å². The van der Waals surface area contributed by atoms with Crippen LogP contribution < -0.4 is 4.90 Å². The van der Waals surface area contributed by atoms with Gasteiger partial charge in [0.05, 0.1) is 18.1 Å². The Hall–Kier alpha value is -3.73. The number of carbonyl (C=O) groups excluding carboxylic acids is 2. The van der Waals surface area contributed by atoms with Crippen molar-refractivity contribution in [1.82, 2.24) is 5.01 Å². The van der Waals surface area contributed by atoms with Crippen molar-refractivity contribution < 1.29 is 9.59 Å². The Morgan fingerprint density at radius 2 is 1.16 bits per heavy atom. The van der Waals surface area contributed by atoms with Gasteiger partial charge in [-0.25, -0.2) is 0 Å². The summed E-state index contributed by atoms with van der Waals surface area (Å²) >= 11 is 0. The van der Waals surface area contributed by atoms with E-state index in [1.54, 1.807) is 6.21 Å². The molecule has 32 heavy (non-hydrogen) atoms. The van der Waals surface area contributed by atoms with Gasteiger partial charge in [0.2, 0.25) is 0 Å². The van der Waals surface area contributed by atoms with Crippen LogP contribution in [-0.4, -0.2) is 37.1 Å². The van der Waals surface area contributed by atoms with E-state index in [2.05, 4.69) is 29.4 Å². The van der Waals surface area contributed by atoms with Gasteiger partial charge in [-0.05, 0) is 39.9 Å². The molecule has 1 saturated heterocycles. The monoisotopic (exact) mass is 421 g/mol. The second kappa shape index (κ2) is 6.89. The minimum atomic E-state index is -0.398. The summed E-state index contributed by atoms with van der Waals surface area (Å²) < 4.78 is 0. The van der Waals surface area contributed by atoms with Crippen LogP contribution in [0, 0.1) is 11.8 Å². The van der Waals surface area contributed by atoms with Crippen LogP contribution in [0.1, 0.15) is 39.7 Å². The van der Waals surface area contributed by atoms with Crippen molar-refractivity contribution in [2.75, 3.05) is 19.0 Å². The highest BCUT2D eigenvalue weighted by Gasteiger charge is 2.61. The zero-order chi connectivity index (χ0) is 22.0. The average molecular weight is 422 g/mol. The maximum atomic E-state index is 13.5. The van der Waals surface area contributed by atoms with Crippen LogP contribution in [-0.2, 0) is 9.59 Å². The Morgan fingerprint density at radius 1 is 0.719 bits per heavy atom. The molecular weight excluding hydrogens is 398 g/mol. The number of amides is 2. The summed E-state index contributed by atoms with van der Waals surface area (Å²) in [5.41, 5.74) is 6.61. The zero-order valence-corrected chi connectivity index (χ0v) is 18.0. The third-order valence-electron chi connectivity index (χ3n) is 7.16. The molecule has 0 aromatic heterocycles. The maximum absolute atomic E-state index is 13.5. The summed E-state index contributed by atoms with van der Waals surface area (Å²) in [7, 11) is 3.97. The number of nitrogens with zero attached hydrogens (tertiary/aromatic N) is 3. The molecule has 1 aliphatic heterocycles. The van der Waals surface area contributed by atoms with Crippen LogP contribution in [0.25, 0.3) is 0 Å². The van der Waals surface area contributed by atoms with Gasteiger partial charge in [-0.15, -0.1) is 0 Å². The van der Waals surface area contributed by atoms with Gasteiger partial charge in [-0.2, -0.15) is 10.1 Å². The average Bonchev–Trinajstić information content (AvgIpc) is 3.08. The lowest BCUT2D eigenvalue weighted by Crippen LogP contribution is -2.41. The van der Waals surface area contributed by atoms with E-state index in [4.69, 9.17) is 0 Å². The smallest absolute Gasteiger partial charge is 0.254 e. The van der Waals surface area contributed by atoms with Gasteiger partial charge in [0.25, 0.3) is 11.8 Å². The first kappa shape index (κ1) is 19.0. The summed E-state index contributed by atoms with van der Waals surface area (Å²) in [6.45, 7) is 0. The number of hydrogen-bond donors (Lipinski definition) is 0. The molecule has 1 fully saturated rings. The number of benzene rings is 3. The third kappa shape index (κ3) is 2.54. The number of hydrogen-bond acceptors (Lipinski definition) is 4. The lowest BCUT2D eigenvalue weighted by atomic mass is 9.55. The molecular formula is C27H23N3O2. The number of imide groups is 1. The SMILES string of the molecule is CN(C)c1ccc(/C=N\N2C(=O)[C@@H]3C4c5ccccc5C(c5ccccc54)[C@H]3C2=O)cc1. The fourth-order valence-corrected chi connectivity index (χ4v) is 5.76. The molecule has 0 saturated carbocycles. The number of hydrazone groups is 1. The van der Waals surface area contributed by atoms with Gasteiger partial charge in [0.15, 0.2) is 0 Å². The molecule has 2 bridgehead atoms. The largest absolute Gasteiger partial charge is 0.378 e. The molecule has 3 aromatic carbocycles. The predicted octanol–water partition coefficient (Wildman–Crippen LogP) is 3.98. The molecule has 158 valence electrons. The van der Waals surface area contributed by atoms with Crippen molar-refractivity contribution >= 4 is 23.7 Å². The van der Waals surface area contributed by atoms with E-state index in [9.17, 15) is 9.59 Å².